The van der Waals surface area contributed by atoms with E-state index in [4.69, 9.17) is 4.42 Å². The van der Waals surface area contributed by atoms with Crippen molar-refractivity contribution in [3.8, 4) is 0 Å². The molecule has 0 bridgehead atoms. The van der Waals surface area contributed by atoms with Crippen molar-refractivity contribution < 1.29 is 14.1 Å². The van der Waals surface area contributed by atoms with Crippen molar-refractivity contribution in [1.82, 2.24) is 10.6 Å². The van der Waals surface area contributed by atoms with Crippen molar-refractivity contribution in [3.05, 3.63) is 28.0 Å². The molecule has 1 amide bonds. The fourth-order valence-corrected chi connectivity index (χ4v) is 2.22. The summed E-state index contributed by atoms with van der Waals surface area (Å²) in [5.41, 5.74) is -0.0631. The van der Waals surface area contributed by atoms with Crippen LogP contribution in [0, 0.1) is 15.5 Å². The van der Waals surface area contributed by atoms with Crippen molar-refractivity contribution >= 4 is 11.8 Å². The topological polar surface area (TPSA) is 97.4 Å². The number of rotatable bonds is 3. The Bertz CT molecular complexity index is 495. The van der Waals surface area contributed by atoms with Crippen LogP contribution in [0.1, 0.15) is 30.8 Å². The molecular formula is C12H17N3O4. The molecule has 0 aromatic carbocycles. The van der Waals surface area contributed by atoms with Gasteiger partial charge in [-0.25, -0.2) is 0 Å². The lowest BCUT2D eigenvalue weighted by Crippen LogP contribution is -2.54. The van der Waals surface area contributed by atoms with Crippen LogP contribution in [-0.2, 0) is 0 Å². The lowest BCUT2D eigenvalue weighted by Gasteiger charge is -2.39. The van der Waals surface area contributed by atoms with Crippen LogP contribution < -0.4 is 10.6 Å². The molecule has 1 aromatic rings. The molecule has 1 unspecified atom stereocenters. The molecule has 19 heavy (non-hydrogen) atoms. The molecule has 104 valence electrons. The average Bonchev–Trinajstić information content (AvgIpc) is 2.81. The second-order valence-electron chi connectivity index (χ2n) is 5.38. The first-order valence-electron chi connectivity index (χ1n) is 6.16. The molecule has 1 atom stereocenters. The summed E-state index contributed by atoms with van der Waals surface area (Å²) in [5, 5.41) is 16.7. The Morgan fingerprint density at radius 3 is 2.89 bits per heavy atom. The predicted molar refractivity (Wildman–Crippen MR) is 67.9 cm³/mol. The fourth-order valence-electron chi connectivity index (χ4n) is 2.22. The summed E-state index contributed by atoms with van der Waals surface area (Å²) in [6.45, 7) is 5.78. The number of nitro groups is 1. The molecule has 2 heterocycles. The molecule has 0 spiro atoms. The lowest BCUT2D eigenvalue weighted by atomic mass is 9.80. The van der Waals surface area contributed by atoms with E-state index in [9.17, 15) is 14.9 Å². The number of carbonyl (C=O) groups is 1. The minimum absolute atomic E-state index is 0.0189. The van der Waals surface area contributed by atoms with Crippen LogP contribution in [-0.4, -0.2) is 30.0 Å². The zero-order valence-electron chi connectivity index (χ0n) is 10.9. The highest BCUT2D eigenvalue weighted by Crippen LogP contribution is 2.25. The molecule has 2 rings (SSSR count). The molecule has 0 aliphatic carbocycles. The van der Waals surface area contributed by atoms with Crippen LogP contribution in [0.5, 0.6) is 0 Å². The van der Waals surface area contributed by atoms with Gasteiger partial charge in [-0.05, 0) is 24.4 Å². The molecule has 1 aromatic heterocycles. The Morgan fingerprint density at radius 1 is 1.58 bits per heavy atom. The van der Waals surface area contributed by atoms with E-state index in [1.807, 2.05) is 0 Å². The van der Waals surface area contributed by atoms with Gasteiger partial charge in [0, 0.05) is 12.6 Å². The third kappa shape index (κ3) is 2.93. The number of amides is 1. The molecule has 1 fully saturated rings. The zero-order chi connectivity index (χ0) is 14.0. The number of hydrogen-bond acceptors (Lipinski definition) is 5. The molecule has 0 saturated carbocycles. The van der Waals surface area contributed by atoms with Gasteiger partial charge in [0.2, 0.25) is 0 Å². The number of hydrogen-bond donors (Lipinski definition) is 2. The van der Waals surface area contributed by atoms with E-state index < -0.39 is 16.7 Å². The maximum Gasteiger partial charge on any atom is 0.433 e. The van der Waals surface area contributed by atoms with Gasteiger partial charge in [-0.2, -0.15) is 0 Å². The van der Waals surface area contributed by atoms with Crippen LogP contribution in [0.2, 0.25) is 0 Å². The van der Waals surface area contributed by atoms with Crippen LogP contribution in [0.3, 0.4) is 0 Å². The van der Waals surface area contributed by atoms with Gasteiger partial charge in [0.25, 0.3) is 5.91 Å². The van der Waals surface area contributed by atoms with Crippen molar-refractivity contribution in [3.63, 3.8) is 0 Å². The highest BCUT2D eigenvalue weighted by molar-refractivity contribution is 5.92. The zero-order valence-corrected chi connectivity index (χ0v) is 10.9. The standard InChI is InChI=1S/C12H17N3O4/c1-12(2)7-13-6-5-9(12)14-11(16)8-3-4-10(19-8)15(17)18/h3-4,9,13H,5-7H2,1-2H3,(H,14,16). The smallest absolute Gasteiger partial charge is 0.395 e. The number of nitrogens with one attached hydrogen (secondary N) is 2. The minimum Gasteiger partial charge on any atom is -0.395 e. The third-order valence-electron chi connectivity index (χ3n) is 3.43. The van der Waals surface area contributed by atoms with Crippen molar-refractivity contribution in [2.24, 2.45) is 5.41 Å². The molecule has 7 nitrogen and oxygen atoms in total. The summed E-state index contributed by atoms with van der Waals surface area (Å²) in [4.78, 5) is 21.8. The highest BCUT2D eigenvalue weighted by Gasteiger charge is 2.34. The molecule has 0 radical (unpaired) electrons. The van der Waals surface area contributed by atoms with Crippen molar-refractivity contribution in [1.29, 1.82) is 0 Å². The SMILES string of the molecule is CC1(C)CNCCC1NC(=O)c1ccc([N+](=O)[O-])o1. The van der Waals surface area contributed by atoms with Gasteiger partial charge in [-0.1, -0.05) is 13.8 Å². The van der Waals surface area contributed by atoms with E-state index in [1.165, 1.54) is 12.1 Å². The quantitative estimate of drug-likeness (QED) is 0.635. The van der Waals surface area contributed by atoms with E-state index in [0.29, 0.717) is 0 Å². The van der Waals surface area contributed by atoms with E-state index in [0.717, 1.165) is 19.5 Å². The Kier molecular flexibility index (Phi) is 3.57. The number of nitrogens with zero attached hydrogens (tertiary/aromatic N) is 1. The molecule has 1 saturated heterocycles. The fraction of sp³-hybridized carbons (Fsp3) is 0.583. The van der Waals surface area contributed by atoms with Crippen molar-refractivity contribution in [2.45, 2.75) is 26.3 Å². The second-order valence-corrected chi connectivity index (χ2v) is 5.38. The van der Waals surface area contributed by atoms with Crippen LogP contribution in [0.25, 0.3) is 0 Å². The maximum atomic E-state index is 12.0. The second kappa shape index (κ2) is 5.00. The predicted octanol–water partition coefficient (Wildman–Crippen LogP) is 1.31. The summed E-state index contributed by atoms with van der Waals surface area (Å²) >= 11 is 0. The Balaban J connectivity index is 2.05. The Labute approximate surface area is 110 Å². The van der Waals surface area contributed by atoms with Gasteiger partial charge < -0.3 is 15.1 Å². The normalized spacial score (nSPS) is 21.9. The minimum atomic E-state index is -0.661. The van der Waals surface area contributed by atoms with Gasteiger partial charge in [-0.3, -0.25) is 14.9 Å². The number of piperidine rings is 1. The van der Waals surface area contributed by atoms with E-state index in [2.05, 4.69) is 24.5 Å². The van der Waals surface area contributed by atoms with E-state index in [1.54, 1.807) is 0 Å². The summed E-state index contributed by atoms with van der Waals surface area (Å²) in [6.07, 6.45) is 0.821. The molecule has 2 N–H and O–H groups in total. The third-order valence-corrected chi connectivity index (χ3v) is 3.43. The highest BCUT2D eigenvalue weighted by atomic mass is 16.6. The van der Waals surface area contributed by atoms with Gasteiger partial charge in [0.05, 0.1) is 6.07 Å². The van der Waals surface area contributed by atoms with Crippen molar-refractivity contribution in [2.75, 3.05) is 13.1 Å². The van der Waals surface area contributed by atoms with Gasteiger partial charge in [-0.15, -0.1) is 0 Å². The number of carbonyl (C=O) groups excluding carboxylic acids is 1. The Hall–Kier alpha value is -1.89. The Morgan fingerprint density at radius 2 is 2.32 bits per heavy atom. The summed E-state index contributed by atoms with van der Waals surface area (Å²) in [6, 6.07) is 2.52. The van der Waals surface area contributed by atoms with E-state index in [-0.39, 0.29) is 17.2 Å². The molecule has 1 aliphatic rings. The first-order chi connectivity index (χ1) is 8.90. The van der Waals surface area contributed by atoms with Crippen LogP contribution in [0.15, 0.2) is 16.5 Å². The summed E-state index contributed by atoms with van der Waals surface area (Å²) < 4.78 is 4.89. The van der Waals surface area contributed by atoms with E-state index >= 15 is 0 Å². The van der Waals surface area contributed by atoms with Crippen LogP contribution in [0.4, 0.5) is 5.88 Å². The van der Waals surface area contributed by atoms with Gasteiger partial charge >= 0.3 is 5.88 Å². The van der Waals surface area contributed by atoms with Gasteiger partial charge in [0.1, 0.15) is 4.92 Å². The van der Waals surface area contributed by atoms with Gasteiger partial charge in [0.15, 0.2) is 5.76 Å². The molecule has 7 heteroatoms. The lowest BCUT2D eigenvalue weighted by molar-refractivity contribution is -0.402. The maximum absolute atomic E-state index is 12.0. The monoisotopic (exact) mass is 267 g/mol. The number of furan rings is 1. The molecular weight excluding hydrogens is 250 g/mol. The summed E-state index contributed by atoms with van der Waals surface area (Å²) in [5.74, 6) is -0.858. The first-order valence-corrected chi connectivity index (χ1v) is 6.16. The molecule has 1 aliphatic heterocycles. The largest absolute Gasteiger partial charge is 0.433 e. The average molecular weight is 267 g/mol. The first kappa shape index (κ1) is 13.5. The van der Waals surface area contributed by atoms with Crippen LogP contribution >= 0.6 is 0 Å². The summed E-state index contributed by atoms with van der Waals surface area (Å²) in [7, 11) is 0.